The molecule has 0 aromatic heterocycles. The zero-order valence-corrected chi connectivity index (χ0v) is 20.4. The van der Waals surface area contributed by atoms with Crippen molar-refractivity contribution in [3.05, 3.63) is 68.1 Å². The van der Waals surface area contributed by atoms with E-state index in [1.807, 2.05) is 0 Å². The third-order valence-corrected chi connectivity index (χ3v) is 5.36. The van der Waals surface area contributed by atoms with Gasteiger partial charge in [0.1, 0.15) is 26.1 Å². The molecule has 0 saturated heterocycles. The molecule has 0 saturated carbocycles. The Hall–Kier alpha value is -2.43. The second-order valence-corrected chi connectivity index (χ2v) is 7.89. The number of ether oxygens (including phenoxy) is 2. The van der Waals surface area contributed by atoms with E-state index in [0.717, 1.165) is 6.08 Å². The number of halogens is 6. The molecule has 0 heterocycles. The Balaban J connectivity index is 2.18. The number of nitrogens with zero attached hydrogens (tertiary/aromatic N) is 1. The lowest BCUT2D eigenvalue weighted by Crippen LogP contribution is -2.29. The molecule has 0 fully saturated rings. The lowest BCUT2D eigenvalue weighted by molar-refractivity contribution is -0.114. The number of carbonyl (C=O) groups is 1. The van der Waals surface area contributed by atoms with Crippen molar-refractivity contribution in [3.63, 3.8) is 0 Å². The molecular formula is C21H18BrCl2F3N2O4. The van der Waals surface area contributed by atoms with Gasteiger partial charge >= 0.3 is 6.18 Å². The molecule has 0 unspecified atom stereocenters. The number of allylic oxidation sites excluding steroid dienone is 1. The Bertz CT molecular complexity index is 1040. The molecule has 1 amide bonds. The van der Waals surface area contributed by atoms with Crippen molar-refractivity contribution in [2.24, 2.45) is 5.16 Å². The van der Waals surface area contributed by atoms with Gasteiger partial charge in [0.05, 0.1) is 14.5 Å². The van der Waals surface area contributed by atoms with Gasteiger partial charge in [-0.15, -0.1) is 0 Å². The molecule has 0 aliphatic heterocycles. The lowest BCUT2D eigenvalue weighted by Gasteiger charge is -2.14. The van der Waals surface area contributed by atoms with Crippen LogP contribution in [0.4, 0.5) is 13.2 Å². The Morgan fingerprint density at radius 2 is 1.82 bits per heavy atom. The maximum Gasteiger partial charge on any atom is 0.422 e. The Morgan fingerprint density at radius 1 is 1.18 bits per heavy atom. The summed E-state index contributed by atoms with van der Waals surface area (Å²) in [6, 6.07) is 9.76. The van der Waals surface area contributed by atoms with E-state index in [2.05, 4.69) is 26.4 Å². The molecule has 178 valence electrons. The minimum atomic E-state index is -4.52. The smallest absolute Gasteiger partial charge is 0.422 e. The highest BCUT2D eigenvalue weighted by atomic mass is 79.9. The topological polar surface area (TPSA) is 69.2 Å². The summed E-state index contributed by atoms with van der Waals surface area (Å²) in [5, 5.41) is 6.38. The van der Waals surface area contributed by atoms with Gasteiger partial charge in [0.2, 0.25) is 0 Å². The molecule has 0 spiro atoms. The van der Waals surface area contributed by atoms with E-state index in [1.165, 1.54) is 26.3 Å². The van der Waals surface area contributed by atoms with Crippen LogP contribution in [0.3, 0.4) is 0 Å². The fourth-order valence-electron chi connectivity index (χ4n) is 2.53. The Morgan fingerprint density at radius 3 is 2.39 bits per heavy atom. The average molecular weight is 570 g/mol. The number of carbonyl (C=O) groups excluding carboxylic acids is 1. The molecule has 0 aliphatic carbocycles. The average Bonchev–Trinajstić information content (AvgIpc) is 2.76. The third kappa shape index (κ3) is 7.55. The van der Waals surface area contributed by atoms with E-state index in [0.29, 0.717) is 11.1 Å². The van der Waals surface area contributed by atoms with E-state index in [1.54, 1.807) is 24.3 Å². The van der Waals surface area contributed by atoms with Gasteiger partial charge in [-0.25, -0.2) is 0 Å². The minimum Gasteiger partial charge on any atom is -0.489 e. The summed E-state index contributed by atoms with van der Waals surface area (Å²) in [5.41, 5.74) is 1.20. The number of rotatable bonds is 9. The molecule has 33 heavy (non-hydrogen) atoms. The van der Waals surface area contributed by atoms with Crippen molar-refractivity contribution in [1.29, 1.82) is 0 Å². The van der Waals surface area contributed by atoms with Gasteiger partial charge in [-0.3, -0.25) is 4.79 Å². The second kappa shape index (κ2) is 12.2. The van der Waals surface area contributed by atoms with Crippen molar-refractivity contribution >= 4 is 50.8 Å². The van der Waals surface area contributed by atoms with Crippen LogP contribution in [0.2, 0.25) is 10.0 Å². The van der Waals surface area contributed by atoms with E-state index < -0.39 is 23.2 Å². The van der Waals surface area contributed by atoms with Crippen LogP contribution in [0.15, 0.2) is 52.1 Å². The number of oxime groups is 1. The molecule has 2 aromatic carbocycles. The van der Waals surface area contributed by atoms with Gasteiger partial charge in [-0.1, -0.05) is 52.6 Å². The van der Waals surface area contributed by atoms with Crippen LogP contribution >= 0.6 is 39.1 Å². The highest BCUT2D eigenvalue weighted by Crippen LogP contribution is 2.37. The van der Waals surface area contributed by atoms with E-state index >= 15 is 0 Å². The molecule has 0 aliphatic rings. The molecule has 0 bridgehead atoms. The summed E-state index contributed by atoms with van der Waals surface area (Å²) in [6.45, 7) is -0.377. The van der Waals surface area contributed by atoms with Crippen LogP contribution in [0.5, 0.6) is 11.5 Å². The van der Waals surface area contributed by atoms with Gasteiger partial charge in [-0.05, 0) is 27.6 Å². The zero-order valence-electron chi connectivity index (χ0n) is 17.3. The third-order valence-electron chi connectivity index (χ3n) is 4.02. The number of amides is 1. The monoisotopic (exact) mass is 568 g/mol. The molecular weight excluding hydrogens is 552 g/mol. The summed E-state index contributed by atoms with van der Waals surface area (Å²) in [4.78, 5) is 16.9. The highest BCUT2D eigenvalue weighted by molar-refractivity contribution is 9.11. The molecule has 2 rings (SSSR count). The quantitative estimate of drug-likeness (QED) is 0.302. The van der Waals surface area contributed by atoms with E-state index in [4.69, 9.17) is 37.5 Å². The first-order valence-electron chi connectivity index (χ1n) is 9.17. The minimum absolute atomic E-state index is 0.0129. The maximum absolute atomic E-state index is 12.5. The summed E-state index contributed by atoms with van der Waals surface area (Å²) in [6.07, 6.45) is -3.71. The number of benzene rings is 2. The molecule has 1 N–H and O–H groups in total. The first kappa shape index (κ1) is 26.8. The fraction of sp³-hybridized carbons (Fsp3) is 0.238. The van der Waals surface area contributed by atoms with Crippen molar-refractivity contribution in [2.75, 3.05) is 20.8 Å². The summed E-state index contributed by atoms with van der Waals surface area (Å²) < 4.78 is 47.6. The largest absolute Gasteiger partial charge is 0.489 e. The maximum atomic E-state index is 12.5. The number of hydrogen-bond acceptors (Lipinski definition) is 5. The van der Waals surface area contributed by atoms with Crippen molar-refractivity contribution in [1.82, 2.24) is 5.32 Å². The fourth-order valence-corrected chi connectivity index (χ4v) is 3.24. The second-order valence-electron chi connectivity index (χ2n) is 6.22. The summed E-state index contributed by atoms with van der Waals surface area (Å²) in [7, 11) is 2.80. The van der Waals surface area contributed by atoms with Gasteiger partial charge in [0, 0.05) is 24.7 Å². The van der Waals surface area contributed by atoms with Crippen molar-refractivity contribution in [2.45, 2.75) is 12.8 Å². The normalized spacial score (nSPS) is 12.4. The molecule has 0 radical (unpaired) electrons. The van der Waals surface area contributed by atoms with Gasteiger partial charge < -0.3 is 19.6 Å². The van der Waals surface area contributed by atoms with Crippen LogP contribution in [0, 0.1) is 0 Å². The first-order chi connectivity index (χ1) is 15.6. The number of likely N-dealkylation sites (N-methyl/N-ethyl adjacent to an activating group) is 1. The van der Waals surface area contributed by atoms with Crippen molar-refractivity contribution in [3.8, 4) is 11.5 Å². The first-order valence-corrected chi connectivity index (χ1v) is 10.7. The molecule has 0 atom stereocenters. The lowest BCUT2D eigenvalue weighted by atomic mass is 10.0. The standard InChI is InChI=1S/C21H18BrCl2F3N2O4/c1-28-20(30)18(29-31-2)14-6-4-3-5-12(14)11-33-13-9-15(23)19(16(24)10-13)32-8-7-17(22)21(25,26)27/h3-7,9-10H,8,11H2,1-2H3,(H,28,30)/b17-7-,29-18+. The number of alkyl halides is 3. The predicted octanol–water partition coefficient (Wildman–Crippen LogP) is 5.89. The summed E-state index contributed by atoms with van der Waals surface area (Å²) >= 11 is 14.8. The highest BCUT2D eigenvalue weighted by Gasteiger charge is 2.31. The van der Waals surface area contributed by atoms with Crippen LogP contribution in [-0.4, -0.2) is 38.6 Å². The molecule has 12 heteroatoms. The van der Waals surface area contributed by atoms with Crippen LogP contribution in [0.25, 0.3) is 0 Å². The van der Waals surface area contributed by atoms with Crippen LogP contribution in [0.1, 0.15) is 11.1 Å². The predicted molar refractivity (Wildman–Crippen MR) is 123 cm³/mol. The number of nitrogens with one attached hydrogen (secondary N) is 1. The summed E-state index contributed by atoms with van der Waals surface area (Å²) in [5.74, 6) is -0.147. The zero-order chi connectivity index (χ0) is 24.6. The molecule has 6 nitrogen and oxygen atoms in total. The van der Waals surface area contributed by atoms with Gasteiger partial charge in [0.25, 0.3) is 5.91 Å². The number of hydrogen-bond donors (Lipinski definition) is 1. The van der Waals surface area contributed by atoms with Crippen molar-refractivity contribution < 1.29 is 32.3 Å². The van der Waals surface area contributed by atoms with Gasteiger partial charge in [0.15, 0.2) is 11.5 Å². The van der Waals surface area contributed by atoms with E-state index in [9.17, 15) is 18.0 Å². The van der Waals surface area contributed by atoms with Crippen LogP contribution < -0.4 is 14.8 Å². The molecule has 2 aromatic rings. The van der Waals surface area contributed by atoms with Crippen LogP contribution in [-0.2, 0) is 16.2 Å². The van der Waals surface area contributed by atoms with E-state index in [-0.39, 0.29) is 33.9 Å². The SMILES string of the molecule is CNC(=O)/C(=N/OC)c1ccccc1COc1cc(Cl)c(OC/C=C(\Br)C(F)(F)F)c(Cl)c1. The van der Waals surface area contributed by atoms with Gasteiger partial charge in [-0.2, -0.15) is 13.2 Å². The Kier molecular flexibility index (Phi) is 9.87. The Labute approximate surface area is 206 Å².